The second kappa shape index (κ2) is 9.34. The Bertz CT molecular complexity index is 1070. The average Bonchev–Trinajstić information content (AvgIpc) is 3.38. The minimum absolute atomic E-state index is 0.0236. The van der Waals surface area contributed by atoms with E-state index in [-0.39, 0.29) is 46.3 Å². The first-order valence-corrected chi connectivity index (χ1v) is 11.5. The fourth-order valence-corrected chi connectivity index (χ4v) is 5.27. The number of esters is 1. The van der Waals surface area contributed by atoms with E-state index in [4.69, 9.17) is 4.74 Å². The van der Waals surface area contributed by atoms with Crippen molar-refractivity contribution in [3.8, 4) is 0 Å². The smallest absolute Gasteiger partial charge is 0.436 e. The van der Waals surface area contributed by atoms with E-state index in [1.165, 1.54) is 11.6 Å². The van der Waals surface area contributed by atoms with Crippen molar-refractivity contribution in [3.05, 3.63) is 31.9 Å². The summed E-state index contributed by atoms with van der Waals surface area (Å²) in [6.45, 7) is 4.64. The monoisotopic (exact) mass is 535 g/mol. The minimum atomic E-state index is -4.61. The lowest BCUT2D eigenvalue weighted by atomic mass is 10.1. The number of ketones is 1. The molecule has 2 aromatic heterocycles. The maximum Gasteiger partial charge on any atom is 0.436 e. The van der Waals surface area contributed by atoms with Crippen LogP contribution in [0.5, 0.6) is 0 Å². The van der Waals surface area contributed by atoms with Gasteiger partial charge in [0, 0.05) is 12.3 Å². The van der Waals surface area contributed by atoms with Crippen molar-refractivity contribution in [1.82, 2.24) is 9.78 Å². The number of aromatic nitrogens is 2. The molecule has 2 heterocycles. The van der Waals surface area contributed by atoms with Gasteiger partial charge in [0.2, 0.25) is 5.91 Å². The zero-order chi connectivity index (χ0) is 23.8. The number of hydrogen-bond acceptors (Lipinski definition) is 6. The summed E-state index contributed by atoms with van der Waals surface area (Å²) in [7, 11) is 0. The zero-order valence-electron chi connectivity index (χ0n) is 17.6. The van der Waals surface area contributed by atoms with Crippen LogP contribution < -0.4 is 5.32 Å². The summed E-state index contributed by atoms with van der Waals surface area (Å²) >= 11 is 3.98. The Hall–Kier alpha value is -2.21. The Balaban J connectivity index is 1.80. The molecule has 2 aromatic rings. The van der Waals surface area contributed by atoms with Gasteiger partial charge in [-0.1, -0.05) is 0 Å². The number of Topliss-reactive ketones (excluding diaryl/α,β-unsaturated/α-hetero) is 1. The number of anilines is 1. The first-order valence-electron chi connectivity index (χ1n) is 9.90. The highest BCUT2D eigenvalue weighted by atomic mass is 79.9. The summed E-state index contributed by atoms with van der Waals surface area (Å²) in [5.41, 5.74) is -0.0547. The molecule has 1 fully saturated rings. The van der Waals surface area contributed by atoms with E-state index in [1.54, 1.807) is 13.8 Å². The Kier molecular flexibility index (Phi) is 7.13. The summed E-state index contributed by atoms with van der Waals surface area (Å²) in [5, 5.41) is 6.46. The highest BCUT2D eigenvalue weighted by molar-refractivity contribution is 9.10. The lowest BCUT2D eigenvalue weighted by Gasteiger charge is -2.09. The van der Waals surface area contributed by atoms with Gasteiger partial charge in [0.1, 0.15) is 5.00 Å². The molecule has 0 atom stereocenters. The molecule has 1 amide bonds. The number of amides is 1. The number of nitrogens with zero attached hydrogens (tertiary/aromatic N) is 2. The number of alkyl halides is 3. The van der Waals surface area contributed by atoms with Crippen molar-refractivity contribution in [2.24, 2.45) is 0 Å². The Morgan fingerprint density at radius 3 is 2.50 bits per heavy atom. The summed E-state index contributed by atoms with van der Waals surface area (Å²) < 4.78 is 45.9. The van der Waals surface area contributed by atoms with Crippen LogP contribution in [0.1, 0.15) is 76.0 Å². The molecule has 1 N–H and O–H groups in total. The van der Waals surface area contributed by atoms with Gasteiger partial charge in [0.15, 0.2) is 11.5 Å². The van der Waals surface area contributed by atoms with Gasteiger partial charge in [0.05, 0.1) is 33.8 Å². The molecule has 0 radical (unpaired) electrons. The molecule has 0 bridgehead atoms. The Morgan fingerprint density at radius 1 is 1.31 bits per heavy atom. The van der Waals surface area contributed by atoms with Gasteiger partial charge in [-0.15, -0.1) is 11.3 Å². The second-order valence-corrected chi connectivity index (χ2v) is 9.19. The molecule has 0 saturated heterocycles. The van der Waals surface area contributed by atoms with E-state index >= 15 is 0 Å². The lowest BCUT2D eigenvalue weighted by molar-refractivity contribution is -0.142. The molecule has 12 heteroatoms. The summed E-state index contributed by atoms with van der Waals surface area (Å²) in [6.07, 6.45) is -3.25. The van der Waals surface area contributed by atoms with E-state index in [1.807, 2.05) is 0 Å². The van der Waals surface area contributed by atoms with Gasteiger partial charge < -0.3 is 10.1 Å². The normalized spacial score (nSPS) is 13.8. The molecule has 1 saturated carbocycles. The first kappa shape index (κ1) is 24.4. The fourth-order valence-electron chi connectivity index (χ4n) is 3.33. The van der Waals surface area contributed by atoms with Crippen LogP contribution in [0.2, 0.25) is 0 Å². The topological polar surface area (TPSA) is 90.3 Å². The van der Waals surface area contributed by atoms with Crippen LogP contribution in [-0.4, -0.2) is 34.0 Å². The number of ether oxygens (including phenoxy) is 1. The molecule has 0 aliphatic heterocycles. The second-order valence-electron chi connectivity index (χ2n) is 7.38. The Morgan fingerprint density at radius 2 is 1.97 bits per heavy atom. The van der Waals surface area contributed by atoms with Gasteiger partial charge in [-0.05, 0) is 55.1 Å². The quantitative estimate of drug-likeness (QED) is 0.365. The molecule has 0 aromatic carbocycles. The minimum Gasteiger partial charge on any atom is -0.462 e. The summed E-state index contributed by atoms with van der Waals surface area (Å²) in [6, 6.07) is 0. The molecule has 174 valence electrons. The third-order valence-corrected chi connectivity index (χ3v) is 7.00. The third kappa shape index (κ3) is 5.06. The van der Waals surface area contributed by atoms with Gasteiger partial charge in [0.25, 0.3) is 0 Å². The highest BCUT2D eigenvalue weighted by Crippen LogP contribution is 2.47. The number of aryl methyl sites for hydroxylation is 1. The zero-order valence-corrected chi connectivity index (χ0v) is 20.0. The summed E-state index contributed by atoms with van der Waals surface area (Å²) in [4.78, 5) is 37.1. The van der Waals surface area contributed by atoms with Crippen LogP contribution in [0.3, 0.4) is 0 Å². The van der Waals surface area contributed by atoms with Gasteiger partial charge in [-0.25, -0.2) is 4.79 Å². The maximum atomic E-state index is 13.2. The van der Waals surface area contributed by atoms with Gasteiger partial charge >= 0.3 is 12.1 Å². The number of halogens is 4. The van der Waals surface area contributed by atoms with Crippen LogP contribution in [0.25, 0.3) is 0 Å². The number of carbonyl (C=O) groups excluding carboxylic acids is 3. The number of hydrogen-bond donors (Lipinski definition) is 1. The van der Waals surface area contributed by atoms with Gasteiger partial charge in [-0.2, -0.15) is 18.3 Å². The van der Waals surface area contributed by atoms with E-state index in [9.17, 15) is 27.6 Å². The molecule has 7 nitrogen and oxygen atoms in total. The highest BCUT2D eigenvalue weighted by Gasteiger charge is 2.41. The van der Waals surface area contributed by atoms with Gasteiger partial charge in [-0.3, -0.25) is 14.3 Å². The van der Waals surface area contributed by atoms with Crippen molar-refractivity contribution in [1.29, 1.82) is 0 Å². The SMILES string of the molecule is CCOC(=O)c1c(NC(=O)CCn2nc(C(F)(F)F)c(Br)c2C2CC2)sc(C(C)=O)c1C. The number of carbonyl (C=O) groups is 3. The maximum absolute atomic E-state index is 13.2. The molecule has 3 rings (SSSR count). The molecule has 0 unspecified atom stereocenters. The number of rotatable bonds is 8. The van der Waals surface area contributed by atoms with Crippen LogP contribution in [0.4, 0.5) is 18.2 Å². The predicted molar refractivity (Wildman–Crippen MR) is 115 cm³/mol. The molecule has 1 aliphatic rings. The number of thiophene rings is 1. The number of nitrogens with one attached hydrogen (secondary N) is 1. The predicted octanol–water partition coefficient (Wildman–Crippen LogP) is 5.32. The van der Waals surface area contributed by atoms with Crippen molar-refractivity contribution in [2.75, 3.05) is 11.9 Å². The van der Waals surface area contributed by atoms with E-state index in [0.717, 1.165) is 24.2 Å². The molecular formula is C20H21BrF3N3O4S. The molecule has 1 aliphatic carbocycles. The third-order valence-electron chi connectivity index (χ3n) is 4.91. The molecule has 32 heavy (non-hydrogen) atoms. The van der Waals surface area contributed by atoms with E-state index < -0.39 is 23.7 Å². The molecular weight excluding hydrogens is 515 g/mol. The average molecular weight is 536 g/mol. The standard InChI is InChI=1S/C20H21BrF3N3O4S/c1-4-31-19(30)13-9(2)16(10(3)28)32-18(13)25-12(29)7-8-27-15(11-5-6-11)14(21)17(26-27)20(22,23)24/h11H,4-8H2,1-3H3,(H,25,29). The fraction of sp³-hybridized carbons (Fsp3) is 0.500. The molecule has 0 spiro atoms. The first-order chi connectivity index (χ1) is 15.0. The largest absolute Gasteiger partial charge is 0.462 e. The van der Waals surface area contributed by atoms with Crippen LogP contribution in [0.15, 0.2) is 4.47 Å². The summed E-state index contributed by atoms with van der Waals surface area (Å²) in [5.74, 6) is -1.46. The van der Waals surface area contributed by atoms with Crippen molar-refractivity contribution < 1.29 is 32.3 Å². The van der Waals surface area contributed by atoms with Crippen molar-refractivity contribution in [3.63, 3.8) is 0 Å². The van der Waals surface area contributed by atoms with Crippen LogP contribution in [-0.2, 0) is 22.3 Å². The van der Waals surface area contributed by atoms with Crippen molar-refractivity contribution >= 4 is 49.9 Å². The van der Waals surface area contributed by atoms with E-state index in [0.29, 0.717) is 16.1 Å². The Labute approximate surface area is 194 Å². The van der Waals surface area contributed by atoms with Crippen LogP contribution >= 0.6 is 27.3 Å². The lowest BCUT2D eigenvalue weighted by Crippen LogP contribution is -2.18. The van der Waals surface area contributed by atoms with Crippen molar-refractivity contribution in [2.45, 2.75) is 58.7 Å². The van der Waals surface area contributed by atoms with Crippen LogP contribution in [0, 0.1) is 6.92 Å². The van der Waals surface area contributed by atoms with E-state index in [2.05, 4.69) is 26.3 Å².